The van der Waals surface area contributed by atoms with Gasteiger partial charge in [-0.25, -0.2) is 16.8 Å². The van der Waals surface area contributed by atoms with Gasteiger partial charge >= 0.3 is 37.7 Å². The fourth-order valence-electron chi connectivity index (χ4n) is 12.9. The van der Waals surface area contributed by atoms with Gasteiger partial charge in [0.15, 0.2) is 0 Å². The Balaban J connectivity index is 0.000000368. The molecule has 2 atom stereocenters. The van der Waals surface area contributed by atoms with E-state index in [1.165, 1.54) is 281 Å². The number of fused-ring (bicyclic) bond motifs is 2. The van der Waals surface area contributed by atoms with Crippen LogP contribution in [0.5, 0.6) is 0 Å². The average molecular weight is 1260 g/mol. The van der Waals surface area contributed by atoms with Gasteiger partial charge in [0, 0.05) is 13.1 Å². The molecule has 0 saturated carbocycles. The third-order valence-electron chi connectivity index (χ3n) is 18.1. The Morgan fingerprint density at radius 1 is 0.333 bits per heavy atom. The fourth-order valence-corrected chi connectivity index (χ4v) is 13.8. The van der Waals surface area contributed by atoms with Crippen LogP contribution in [0.2, 0.25) is 0 Å². The first-order valence-corrected chi connectivity index (χ1v) is 38.1. The largest absolute Gasteiger partial charge is 2.00 e. The van der Waals surface area contributed by atoms with Gasteiger partial charge in [-0.3, -0.25) is 0 Å². The summed E-state index contributed by atoms with van der Waals surface area (Å²) in [5.41, 5.74) is 5.73. The van der Waals surface area contributed by atoms with Crippen molar-refractivity contribution in [3.05, 3.63) is 108 Å². The molecule has 0 spiro atoms. The molecule has 0 aliphatic carbocycles. The van der Waals surface area contributed by atoms with Crippen LogP contribution >= 0.6 is 0 Å². The average Bonchev–Trinajstić information content (AvgIpc) is 1.84. The third-order valence-corrected chi connectivity index (χ3v) is 19.7. The Kier molecular flexibility index (Phi) is 41.5. The molecule has 2 heterocycles. The fraction of sp³-hybridized carbons (Fsp3) is 0.676. The monoisotopic (exact) mass is 1260 g/mol. The second kappa shape index (κ2) is 47.1. The molecule has 2 N–H and O–H groups in total. The maximum absolute atomic E-state index is 11.7. The molecule has 0 amide bonds. The van der Waals surface area contributed by atoms with E-state index >= 15 is 0 Å². The van der Waals surface area contributed by atoms with E-state index in [9.17, 15) is 25.9 Å². The van der Waals surface area contributed by atoms with Crippen molar-refractivity contribution in [1.29, 1.82) is 0 Å². The minimum Gasteiger partial charge on any atom is -0.744 e. The summed E-state index contributed by atoms with van der Waals surface area (Å²) < 4.78 is 69.9. The van der Waals surface area contributed by atoms with Gasteiger partial charge < -0.3 is 29.5 Å². The van der Waals surface area contributed by atoms with Crippen LogP contribution in [0.25, 0.3) is 0 Å². The van der Waals surface area contributed by atoms with E-state index in [4.69, 9.17) is 0 Å². The SMILES string of the molecule is CCCCCCCCCCCCCCCCCCCCCCCC1Nc2ccc(S(=O)(=O)[O-])cc2N1Cc1ccccc1.CCCCCCCCCCCCCCCCCCCCCCCC1Nc2ccc(S(=O)(=O)[O-])cc2N1Cc1ccccc1.[Ca+2]. The number of benzene rings is 4. The molecule has 10 nitrogen and oxygen atoms in total. The quantitative estimate of drug-likeness (QED) is 0.0249. The van der Waals surface area contributed by atoms with E-state index in [-0.39, 0.29) is 59.9 Å². The molecule has 4 aromatic carbocycles. The van der Waals surface area contributed by atoms with Crippen molar-refractivity contribution in [2.24, 2.45) is 0 Å². The van der Waals surface area contributed by atoms with Crippen LogP contribution in [0.1, 0.15) is 307 Å². The summed E-state index contributed by atoms with van der Waals surface area (Å²) in [4.78, 5) is 4.10. The van der Waals surface area contributed by atoms with Gasteiger partial charge in [0.2, 0.25) is 0 Å². The zero-order chi connectivity index (χ0) is 61.2. The van der Waals surface area contributed by atoms with Crippen LogP contribution in [0.3, 0.4) is 0 Å². The summed E-state index contributed by atoms with van der Waals surface area (Å²) in [5, 5.41) is 7.15. The summed E-state index contributed by atoms with van der Waals surface area (Å²) in [6.07, 6.45) is 60.2. The predicted molar refractivity (Wildman–Crippen MR) is 369 cm³/mol. The van der Waals surface area contributed by atoms with Gasteiger partial charge in [-0.2, -0.15) is 0 Å². The van der Waals surface area contributed by atoms with Crippen LogP contribution in [-0.4, -0.2) is 76.0 Å². The van der Waals surface area contributed by atoms with Gasteiger partial charge in [-0.15, -0.1) is 0 Å². The van der Waals surface area contributed by atoms with Gasteiger partial charge in [-0.1, -0.05) is 331 Å². The standard InChI is InChI=1S/2C37H60N2O3S.Ca/c2*1-2-3-4-5-6-7-8-9-10-11-12-13-14-15-16-17-18-19-20-21-25-28-37-38-35-30-29-34(43(40,41)42)31-36(35)39(37)32-33-26-23-22-24-27-33;/h2*22-24,26-27,29-31,37-38H,2-21,25,28,32H2,1H3,(H,40,41,42);/q;;+2/p-2. The Bertz CT molecular complexity index is 2400. The smallest absolute Gasteiger partial charge is 0.744 e. The van der Waals surface area contributed by atoms with Crippen molar-refractivity contribution in [3.8, 4) is 0 Å². The summed E-state index contributed by atoms with van der Waals surface area (Å²) in [5.74, 6) is 0. The van der Waals surface area contributed by atoms with Crippen molar-refractivity contribution in [2.75, 3.05) is 20.4 Å². The Labute approximate surface area is 562 Å². The Morgan fingerprint density at radius 2 is 0.563 bits per heavy atom. The molecule has 0 fully saturated rings. The van der Waals surface area contributed by atoms with Gasteiger partial charge in [0.05, 0.1) is 44.9 Å². The molecule has 2 aliphatic heterocycles. The number of hydrogen-bond acceptors (Lipinski definition) is 10. The minimum absolute atomic E-state index is 0. The maximum atomic E-state index is 11.7. The molecule has 0 radical (unpaired) electrons. The second-order valence-electron chi connectivity index (χ2n) is 25.5. The van der Waals surface area contributed by atoms with E-state index in [1.807, 2.05) is 36.4 Å². The molecule has 0 aromatic heterocycles. The number of nitrogens with one attached hydrogen (secondary N) is 2. The number of nitrogens with zero attached hydrogens (tertiary/aromatic N) is 2. The molecule has 484 valence electrons. The summed E-state index contributed by atoms with van der Waals surface area (Å²) in [6.45, 7) is 5.93. The van der Waals surface area contributed by atoms with Crippen LogP contribution in [0, 0.1) is 0 Å². The first-order valence-electron chi connectivity index (χ1n) is 35.3. The predicted octanol–water partition coefficient (Wildman–Crippen LogP) is 21.5. The molecule has 2 aliphatic rings. The zero-order valence-corrected chi connectivity index (χ0v) is 58.6. The van der Waals surface area contributed by atoms with E-state index in [2.05, 4.69) is 58.5 Å². The maximum Gasteiger partial charge on any atom is 2.00 e. The van der Waals surface area contributed by atoms with E-state index in [1.54, 1.807) is 12.1 Å². The second-order valence-corrected chi connectivity index (χ2v) is 28.3. The van der Waals surface area contributed by atoms with Crippen molar-refractivity contribution >= 4 is 80.7 Å². The number of hydrogen-bond donors (Lipinski definition) is 2. The van der Waals surface area contributed by atoms with E-state index in [0.717, 1.165) is 59.6 Å². The third kappa shape index (κ3) is 32.8. The van der Waals surface area contributed by atoms with E-state index < -0.39 is 20.2 Å². The summed E-state index contributed by atoms with van der Waals surface area (Å²) in [6, 6.07) is 29.8. The van der Waals surface area contributed by atoms with Gasteiger partial charge in [0.25, 0.3) is 0 Å². The summed E-state index contributed by atoms with van der Waals surface area (Å²) in [7, 11) is -8.98. The number of anilines is 4. The van der Waals surface area contributed by atoms with Crippen molar-refractivity contribution in [2.45, 2.75) is 332 Å². The minimum atomic E-state index is -4.49. The molecule has 4 aromatic rings. The molecule has 0 bridgehead atoms. The van der Waals surface area contributed by atoms with Crippen molar-refractivity contribution in [3.63, 3.8) is 0 Å². The van der Waals surface area contributed by atoms with Crippen LogP contribution in [0.4, 0.5) is 22.7 Å². The number of unbranched alkanes of at least 4 members (excludes halogenated alkanes) is 40. The van der Waals surface area contributed by atoms with Crippen LogP contribution in [0.15, 0.2) is 107 Å². The van der Waals surface area contributed by atoms with Crippen molar-refractivity contribution in [1.82, 2.24) is 0 Å². The molecule has 0 saturated heterocycles. The van der Waals surface area contributed by atoms with Gasteiger partial charge in [0.1, 0.15) is 20.2 Å². The normalized spacial score (nSPS) is 14.5. The molecule has 2 unspecified atom stereocenters. The number of rotatable bonds is 50. The van der Waals surface area contributed by atoms with Gasteiger partial charge in [-0.05, 0) is 73.2 Å². The Hall–Kier alpha value is -2.84. The van der Waals surface area contributed by atoms with Crippen molar-refractivity contribution < 1.29 is 25.9 Å². The van der Waals surface area contributed by atoms with Crippen LogP contribution < -0.4 is 20.4 Å². The molecular weight excluding hydrogens is 1150 g/mol. The molecular formula is C74H118CaN4O6S2. The molecule has 87 heavy (non-hydrogen) atoms. The first-order chi connectivity index (χ1) is 42.0. The zero-order valence-electron chi connectivity index (χ0n) is 54.8. The first kappa shape index (κ1) is 76.6. The molecule has 6 rings (SSSR count). The topological polar surface area (TPSA) is 145 Å². The molecule has 13 heteroatoms. The summed E-state index contributed by atoms with van der Waals surface area (Å²) >= 11 is 0. The Morgan fingerprint density at radius 3 is 0.793 bits per heavy atom. The van der Waals surface area contributed by atoms with E-state index in [0.29, 0.717) is 13.1 Å². The van der Waals surface area contributed by atoms with Crippen LogP contribution in [-0.2, 0) is 33.3 Å².